The Morgan fingerprint density at radius 3 is 2.09 bits per heavy atom. The van der Waals surface area contributed by atoms with Crippen molar-refractivity contribution >= 4 is 65.3 Å². The van der Waals surface area contributed by atoms with Crippen LogP contribution >= 0.6 is 11.3 Å². The Morgan fingerprint density at radius 1 is 0.743 bits per heavy atom. The average Bonchev–Trinajstić information content (AvgIpc) is 3.44. The largest absolute Gasteiger partial charge is 0.504 e. The summed E-state index contributed by atoms with van der Waals surface area (Å²) < 4.78 is 3.25. The number of aromatic hydroxyl groups is 4. The van der Waals surface area contributed by atoms with Gasteiger partial charge in [-0.05, 0) is 30.5 Å². The Balaban J connectivity index is 2.06. The molecule has 0 bridgehead atoms. The Labute approximate surface area is 204 Å². The van der Waals surface area contributed by atoms with Crippen molar-refractivity contribution < 1.29 is 20.4 Å². The zero-order valence-corrected chi connectivity index (χ0v) is 19.6. The van der Waals surface area contributed by atoms with E-state index in [0.717, 1.165) is 43.3 Å². The lowest BCUT2D eigenvalue weighted by Gasteiger charge is -2.12. The first-order valence-electron chi connectivity index (χ1n) is 11.1. The van der Waals surface area contributed by atoms with Crippen molar-refractivity contribution in [2.24, 2.45) is 0 Å². The first-order valence-corrected chi connectivity index (χ1v) is 11.9. The van der Waals surface area contributed by atoms with Crippen molar-refractivity contribution in [1.29, 1.82) is 0 Å². The van der Waals surface area contributed by atoms with Crippen molar-refractivity contribution in [3.63, 3.8) is 0 Å². The highest BCUT2D eigenvalue weighted by atomic mass is 32.1. The first kappa shape index (κ1) is 21.1. The SMILES string of the molecule is C=Cc1c(/C=C\C)n(-c2ccccc2)c2c1c1ccccc1c1sc3c(O)c(O)c(O)c(O)c3c12. The van der Waals surface area contributed by atoms with Gasteiger partial charge in [0.25, 0.3) is 0 Å². The summed E-state index contributed by atoms with van der Waals surface area (Å²) >= 11 is 1.27. The molecule has 0 amide bonds. The molecule has 0 radical (unpaired) electrons. The second-order valence-electron chi connectivity index (χ2n) is 8.35. The minimum Gasteiger partial charge on any atom is -0.504 e. The number of hydrogen-bond acceptors (Lipinski definition) is 5. The van der Waals surface area contributed by atoms with E-state index < -0.39 is 23.0 Å². The van der Waals surface area contributed by atoms with Gasteiger partial charge in [0, 0.05) is 32.1 Å². The number of allylic oxidation sites excluding steroid dienone is 1. The normalized spacial score (nSPS) is 12.0. The van der Waals surface area contributed by atoms with Crippen LogP contribution in [0.25, 0.3) is 59.7 Å². The van der Waals surface area contributed by atoms with Crippen LogP contribution < -0.4 is 0 Å². The van der Waals surface area contributed by atoms with Crippen LogP contribution in [0.1, 0.15) is 18.2 Å². The van der Waals surface area contributed by atoms with Gasteiger partial charge in [0.15, 0.2) is 11.5 Å². The zero-order valence-electron chi connectivity index (χ0n) is 18.8. The molecule has 4 aromatic carbocycles. The summed E-state index contributed by atoms with van der Waals surface area (Å²) in [7, 11) is 0. The molecule has 0 atom stereocenters. The molecule has 0 spiro atoms. The Kier molecular flexibility index (Phi) is 4.56. The summed E-state index contributed by atoms with van der Waals surface area (Å²) in [4.78, 5) is 0. The maximum absolute atomic E-state index is 11.0. The maximum atomic E-state index is 11.0. The van der Waals surface area contributed by atoms with E-state index in [2.05, 4.69) is 17.2 Å². The third-order valence-corrected chi connectivity index (χ3v) is 7.73. The van der Waals surface area contributed by atoms with Gasteiger partial charge in [-0.1, -0.05) is 61.2 Å². The molecule has 0 saturated heterocycles. The molecule has 172 valence electrons. The number of thiophene rings is 1. The van der Waals surface area contributed by atoms with Gasteiger partial charge in [0.1, 0.15) is 0 Å². The zero-order chi connectivity index (χ0) is 24.4. The topological polar surface area (TPSA) is 85.9 Å². The molecule has 2 heterocycles. The number of nitrogens with zero attached hydrogens (tertiary/aromatic N) is 1. The van der Waals surface area contributed by atoms with E-state index in [9.17, 15) is 20.4 Å². The fraction of sp³-hybridized carbons (Fsp3) is 0.0345. The molecule has 0 unspecified atom stereocenters. The second-order valence-corrected chi connectivity index (χ2v) is 9.37. The number of para-hydroxylation sites is 1. The second kappa shape index (κ2) is 7.55. The van der Waals surface area contributed by atoms with Crippen molar-refractivity contribution in [2.75, 3.05) is 0 Å². The minimum atomic E-state index is -0.744. The van der Waals surface area contributed by atoms with Gasteiger partial charge < -0.3 is 25.0 Å². The van der Waals surface area contributed by atoms with E-state index in [1.807, 2.05) is 73.7 Å². The predicted molar refractivity (Wildman–Crippen MR) is 145 cm³/mol. The molecule has 4 N–H and O–H groups in total. The van der Waals surface area contributed by atoms with Crippen molar-refractivity contribution in [1.82, 2.24) is 4.57 Å². The molecule has 2 aromatic heterocycles. The van der Waals surface area contributed by atoms with E-state index in [-0.39, 0.29) is 0 Å². The molecule has 0 aliphatic rings. The molecule has 6 aromatic rings. The van der Waals surface area contributed by atoms with E-state index in [4.69, 9.17) is 0 Å². The van der Waals surface area contributed by atoms with E-state index in [0.29, 0.717) is 15.5 Å². The highest BCUT2D eigenvalue weighted by Gasteiger charge is 2.28. The number of aromatic nitrogens is 1. The molecule has 0 aliphatic carbocycles. The van der Waals surface area contributed by atoms with Gasteiger partial charge in [-0.25, -0.2) is 0 Å². The minimum absolute atomic E-state index is 0.297. The number of benzene rings is 4. The molecule has 0 aliphatic heterocycles. The standard InChI is InChI=1S/C29H21NO4S/c1-3-10-19-16(4-2)20-17-13-8-9-14-18(17)28-21(23(20)30(19)15-11-6-5-7-12-15)22-24(31)25(32)26(33)27(34)29(22)35-28/h3-14,31-34H,2H2,1H3/b10-3-. The Morgan fingerprint density at radius 2 is 1.40 bits per heavy atom. The van der Waals surface area contributed by atoms with Gasteiger partial charge in [-0.3, -0.25) is 0 Å². The van der Waals surface area contributed by atoms with E-state index >= 15 is 0 Å². The summed E-state index contributed by atoms with van der Waals surface area (Å²) in [6.45, 7) is 6.07. The summed E-state index contributed by atoms with van der Waals surface area (Å²) in [5.41, 5.74) is 3.60. The van der Waals surface area contributed by atoms with Gasteiger partial charge >= 0.3 is 0 Å². The van der Waals surface area contributed by atoms with Crippen LogP contribution in [0.15, 0.2) is 67.3 Å². The summed E-state index contributed by atoms with van der Waals surface area (Å²) in [5.74, 6) is -2.40. The van der Waals surface area contributed by atoms with Gasteiger partial charge in [0.2, 0.25) is 11.5 Å². The van der Waals surface area contributed by atoms with Crippen molar-refractivity contribution in [2.45, 2.75) is 6.92 Å². The molecular formula is C29H21NO4S. The molecular weight excluding hydrogens is 458 g/mol. The van der Waals surface area contributed by atoms with E-state index in [1.165, 1.54) is 11.3 Å². The van der Waals surface area contributed by atoms with Crippen LogP contribution in [0.4, 0.5) is 0 Å². The molecule has 6 heteroatoms. The first-order chi connectivity index (χ1) is 17.0. The number of hydrogen-bond donors (Lipinski definition) is 4. The smallest absolute Gasteiger partial charge is 0.205 e. The third kappa shape index (κ3) is 2.68. The summed E-state index contributed by atoms with van der Waals surface area (Å²) in [6, 6.07) is 17.9. The fourth-order valence-corrected chi connectivity index (χ4v) is 6.37. The van der Waals surface area contributed by atoms with Crippen LogP contribution in [0.3, 0.4) is 0 Å². The number of rotatable bonds is 3. The van der Waals surface area contributed by atoms with Crippen LogP contribution in [-0.2, 0) is 0 Å². The number of phenols is 4. The van der Waals surface area contributed by atoms with Crippen molar-refractivity contribution in [3.8, 4) is 28.7 Å². The van der Waals surface area contributed by atoms with E-state index in [1.54, 1.807) is 0 Å². The average molecular weight is 480 g/mol. The van der Waals surface area contributed by atoms with Crippen LogP contribution in [0, 0.1) is 0 Å². The van der Waals surface area contributed by atoms with Crippen LogP contribution in [0.2, 0.25) is 0 Å². The molecule has 0 fully saturated rings. The Bertz CT molecular complexity index is 1860. The summed E-state index contributed by atoms with van der Waals surface area (Å²) in [5, 5.41) is 46.3. The molecule has 0 saturated carbocycles. The fourth-order valence-electron chi connectivity index (χ4n) is 5.08. The van der Waals surface area contributed by atoms with Crippen LogP contribution in [0.5, 0.6) is 23.0 Å². The molecule has 5 nitrogen and oxygen atoms in total. The van der Waals surface area contributed by atoms with Gasteiger partial charge in [-0.15, -0.1) is 11.3 Å². The lowest BCUT2D eigenvalue weighted by molar-refractivity contribution is 0.351. The lowest BCUT2D eigenvalue weighted by Crippen LogP contribution is -1.97. The lowest BCUT2D eigenvalue weighted by atomic mass is 9.98. The predicted octanol–water partition coefficient (Wildman–Crippen LogP) is 7.65. The van der Waals surface area contributed by atoms with Gasteiger partial charge in [0.05, 0.1) is 21.3 Å². The van der Waals surface area contributed by atoms with Gasteiger partial charge in [-0.2, -0.15) is 0 Å². The quantitative estimate of drug-likeness (QED) is 0.155. The Hall–Kier alpha value is -4.42. The third-order valence-electron chi connectivity index (χ3n) is 6.50. The number of phenolic OH excluding ortho intramolecular Hbond substituents is 4. The molecule has 35 heavy (non-hydrogen) atoms. The summed E-state index contributed by atoms with van der Waals surface area (Å²) in [6.07, 6.45) is 5.84. The highest BCUT2D eigenvalue weighted by molar-refractivity contribution is 7.27. The van der Waals surface area contributed by atoms with Crippen molar-refractivity contribution in [3.05, 3.63) is 78.5 Å². The molecule has 6 rings (SSSR count). The maximum Gasteiger partial charge on any atom is 0.205 e. The number of fused-ring (bicyclic) bond motifs is 8. The monoisotopic (exact) mass is 479 g/mol. The highest BCUT2D eigenvalue weighted by Crippen LogP contribution is 2.57. The van der Waals surface area contributed by atoms with Crippen LogP contribution in [-0.4, -0.2) is 25.0 Å².